The van der Waals surface area contributed by atoms with Crippen molar-refractivity contribution in [1.29, 1.82) is 0 Å². The van der Waals surface area contributed by atoms with E-state index in [9.17, 15) is 13.2 Å². The zero-order valence-corrected chi connectivity index (χ0v) is 18.5. The summed E-state index contributed by atoms with van der Waals surface area (Å²) in [7, 11) is -2.51. The first-order valence-electron chi connectivity index (χ1n) is 9.87. The zero-order valence-electron chi connectivity index (χ0n) is 17.7. The second-order valence-electron chi connectivity index (χ2n) is 7.04. The lowest BCUT2D eigenvalue weighted by atomic mass is 10.2. The van der Waals surface area contributed by atoms with Gasteiger partial charge in [0, 0.05) is 10.9 Å². The number of benzene rings is 3. The molecular weight excluding hydrogens is 442 g/mol. The average Bonchev–Trinajstić information content (AvgIpc) is 3.27. The van der Waals surface area contributed by atoms with Gasteiger partial charge in [0.2, 0.25) is 0 Å². The molecule has 1 aromatic heterocycles. The Labute approximate surface area is 190 Å². The first-order valence-corrected chi connectivity index (χ1v) is 11.4. The fourth-order valence-corrected chi connectivity index (χ4v) is 4.25. The van der Waals surface area contributed by atoms with E-state index in [0.29, 0.717) is 28.5 Å². The maximum absolute atomic E-state index is 12.8. The molecule has 0 aliphatic rings. The minimum absolute atomic E-state index is 0.0721. The molecule has 0 spiro atoms. The molecule has 8 nitrogen and oxygen atoms in total. The molecule has 3 N–H and O–H groups in total. The van der Waals surface area contributed by atoms with Crippen molar-refractivity contribution >= 4 is 38.3 Å². The highest BCUT2D eigenvalue weighted by atomic mass is 32.2. The van der Waals surface area contributed by atoms with Gasteiger partial charge in [-0.05, 0) is 42.5 Å². The molecule has 0 atom stereocenters. The highest BCUT2D eigenvalue weighted by Gasteiger charge is 2.18. The molecular formula is C24H21N3O5S. The van der Waals surface area contributed by atoms with Crippen LogP contribution in [0.15, 0.2) is 94.8 Å². The van der Waals surface area contributed by atoms with Crippen LogP contribution < -0.4 is 20.3 Å². The normalized spacial score (nSPS) is 11.1. The van der Waals surface area contributed by atoms with E-state index in [1.807, 2.05) is 24.3 Å². The number of hydrogen-bond donors (Lipinski definition) is 3. The summed E-state index contributed by atoms with van der Waals surface area (Å²) in [6.45, 7) is 3.87. The topological polar surface area (TPSA) is 110 Å². The molecule has 0 fully saturated rings. The summed E-state index contributed by atoms with van der Waals surface area (Å²) in [4.78, 5) is 12.5. The molecule has 0 saturated carbocycles. The van der Waals surface area contributed by atoms with Crippen molar-refractivity contribution in [3.05, 3.63) is 96.8 Å². The number of fused-ring (bicyclic) bond motifs is 1. The van der Waals surface area contributed by atoms with E-state index in [2.05, 4.69) is 22.2 Å². The van der Waals surface area contributed by atoms with Crippen molar-refractivity contribution in [2.24, 2.45) is 0 Å². The minimum atomic E-state index is -3.95. The van der Waals surface area contributed by atoms with Gasteiger partial charge < -0.3 is 9.15 Å². The summed E-state index contributed by atoms with van der Waals surface area (Å²) in [5.41, 5.74) is 6.68. The number of para-hydroxylation sites is 3. The smallest absolute Gasteiger partial charge is 0.269 e. The van der Waals surface area contributed by atoms with Crippen molar-refractivity contribution < 1.29 is 22.4 Å². The van der Waals surface area contributed by atoms with Crippen LogP contribution in [0, 0.1) is 0 Å². The highest BCUT2D eigenvalue weighted by Crippen LogP contribution is 2.26. The number of amides is 1. The highest BCUT2D eigenvalue weighted by molar-refractivity contribution is 7.92. The van der Waals surface area contributed by atoms with Gasteiger partial charge in [0.15, 0.2) is 5.76 Å². The number of hydrazine groups is 1. The van der Waals surface area contributed by atoms with Crippen LogP contribution in [-0.2, 0) is 10.0 Å². The Balaban J connectivity index is 1.46. The molecule has 4 aromatic rings. The van der Waals surface area contributed by atoms with E-state index >= 15 is 0 Å². The average molecular weight is 464 g/mol. The van der Waals surface area contributed by atoms with Crippen molar-refractivity contribution in [1.82, 2.24) is 10.9 Å². The van der Waals surface area contributed by atoms with E-state index in [1.165, 1.54) is 31.4 Å². The van der Waals surface area contributed by atoms with E-state index < -0.39 is 15.9 Å². The van der Waals surface area contributed by atoms with Gasteiger partial charge in [-0.25, -0.2) is 8.42 Å². The summed E-state index contributed by atoms with van der Waals surface area (Å²) >= 11 is 0. The van der Waals surface area contributed by atoms with Crippen LogP contribution in [0.2, 0.25) is 0 Å². The lowest BCUT2D eigenvalue weighted by Gasteiger charge is -2.13. The zero-order chi connectivity index (χ0) is 23.4. The number of anilines is 1. The molecule has 1 heterocycles. The molecule has 9 heteroatoms. The number of methoxy groups -OCH3 is 1. The molecule has 0 aliphatic heterocycles. The van der Waals surface area contributed by atoms with Crippen LogP contribution in [0.4, 0.5) is 5.69 Å². The summed E-state index contributed by atoms with van der Waals surface area (Å²) in [5.74, 6) is 0.304. The predicted molar refractivity (Wildman–Crippen MR) is 126 cm³/mol. The largest absolute Gasteiger partial charge is 0.495 e. The monoisotopic (exact) mass is 463 g/mol. The van der Waals surface area contributed by atoms with Crippen LogP contribution in [-0.4, -0.2) is 21.4 Å². The molecule has 0 saturated heterocycles. The number of rotatable bonds is 8. The van der Waals surface area contributed by atoms with Gasteiger partial charge in [0.1, 0.15) is 11.3 Å². The second-order valence-corrected chi connectivity index (χ2v) is 8.72. The van der Waals surface area contributed by atoms with Gasteiger partial charge in [0.25, 0.3) is 15.9 Å². The molecule has 0 unspecified atom stereocenters. The van der Waals surface area contributed by atoms with E-state index in [1.54, 1.807) is 30.3 Å². The van der Waals surface area contributed by atoms with Crippen LogP contribution in [0.25, 0.3) is 16.7 Å². The summed E-state index contributed by atoms with van der Waals surface area (Å²) < 4.78 is 39.0. The number of carbonyl (C=O) groups excluding carboxylic acids is 1. The van der Waals surface area contributed by atoms with Gasteiger partial charge in [-0.2, -0.15) is 0 Å². The number of ether oxygens (including phenoxy) is 1. The van der Waals surface area contributed by atoms with Crippen molar-refractivity contribution in [2.45, 2.75) is 4.90 Å². The molecule has 4 rings (SSSR count). The number of furan rings is 1. The minimum Gasteiger partial charge on any atom is -0.495 e. The Bertz CT molecular complexity index is 1410. The van der Waals surface area contributed by atoms with Crippen molar-refractivity contribution in [2.75, 3.05) is 11.8 Å². The third-order valence-electron chi connectivity index (χ3n) is 4.81. The van der Waals surface area contributed by atoms with Crippen LogP contribution >= 0.6 is 0 Å². The SMILES string of the molecule is C=C(NNC(=O)c1cccc(S(=O)(=O)Nc2ccccc2OC)c1)c1cc2ccccc2o1. The van der Waals surface area contributed by atoms with Crippen LogP contribution in [0.5, 0.6) is 5.75 Å². The summed E-state index contributed by atoms with van der Waals surface area (Å²) in [5, 5.41) is 0.905. The Morgan fingerprint density at radius 3 is 2.48 bits per heavy atom. The number of nitrogens with one attached hydrogen (secondary N) is 3. The quantitative estimate of drug-likeness (QED) is 0.339. The third-order valence-corrected chi connectivity index (χ3v) is 6.17. The fraction of sp³-hybridized carbons (Fsp3) is 0.0417. The molecule has 1 amide bonds. The Hall–Kier alpha value is -4.24. The van der Waals surface area contributed by atoms with Gasteiger partial charge in [0.05, 0.1) is 23.4 Å². The first-order chi connectivity index (χ1) is 15.9. The summed E-state index contributed by atoms with van der Waals surface area (Å²) in [6, 6.07) is 21.6. The molecule has 0 radical (unpaired) electrons. The maximum atomic E-state index is 12.8. The standard InChI is InChI=1S/C24H21N3O5S/c1-16(23-15-17-8-3-5-12-21(17)32-23)25-26-24(28)18-9-7-10-19(14-18)33(29,30)27-20-11-4-6-13-22(20)31-2/h3-15,25,27H,1H2,2H3,(H,26,28). The van der Waals surface area contributed by atoms with Crippen LogP contribution in [0.1, 0.15) is 16.1 Å². The lowest BCUT2D eigenvalue weighted by molar-refractivity contribution is 0.0942. The third kappa shape index (κ3) is 4.83. The van der Waals surface area contributed by atoms with E-state index in [-0.39, 0.29) is 10.5 Å². The molecule has 33 heavy (non-hydrogen) atoms. The van der Waals surface area contributed by atoms with Gasteiger partial charge in [-0.3, -0.25) is 20.4 Å². The number of carbonyl (C=O) groups is 1. The molecule has 0 aliphatic carbocycles. The van der Waals surface area contributed by atoms with Crippen molar-refractivity contribution in [3.8, 4) is 5.75 Å². The Kier molecular flexibility index (Phi) is 6.05. The predicted octanol–water partition coefficient (Wildman–Crippen LogP) is 4.15. The molecule has 168 valence electrons. The number of hydrogen-bond acceptors (Lipinski definition) is 6. The maximum Gasteiger partial charge on any atom is 0.269 e. The number of sulfonamides is 1. The van der Waals surface area contributed by atoms with Crippen LogP contribution in [0.3, 0.4) is 0 Å². The van der Waals surface area contributed by atoms with E-state index in [0.717, 1.165) is 5.39 Å². The molecule has 3 aromatic carbocycles. The van der Waals surface area contributed by atoms with E-state index in [4.69, 9.17) is 9.15 Å². The fourth-order valence-electron chi connectivity index (χ4n) is 3.13. The second kappa shape index (κ2) is 9.09. The first kappa shape index (κ1) is 22.0. The van der Waals surface area contributed by atoms with Gasteiger partial charge in [-0.1, -0.05) is 43.0 Å². The molecule has 0 bridgehead atoms. The summed E-state index contributed by atoms with van der Waals surface area (Å²) in [6.07, 6.45) is 0. The Morgan fingerprint density at radius 2 is 1.70 bits per heavy atom. The van der Waals surface area contributed by atoms with Crippen molar-refractivity contribution in [3.63, 3.8) is 0 Å². The van der Waals surface area contributed by atoms with Gasteiger partial charge >= 0.3 is 0 Å². The van der Waals surface area contributed by atoms with Gasteiger partial charge in [-0.15, -0.1) is 0 Å². The lowest BCUT2D eigenvalue weighted by Crippen LogP contribution is -2.35. The Morgan fingerprint density at radius 1 is 0.939 bits per heavy atom.